The minimum Gasteiger partial charge on any atom is -0.379 e. The van der Waals surface area contributed by atoms with E-state index in [-0.39, 0.29) is 17.4 Å². The van der Waals surface area contributed by atoms with Gasteiger partial charge in [-0.15, -0.1) is 0 Å². The van der Waals surface area contributed by atoms with Crippen LogP contribution in [0.5, 0.6) is 0 Å². The van der Waals surface area contributed by atoms with Crippen molar-refractivity contribution in [3.05, 3.63) is 0 Å². The molecular weight excluding hydrogens is 230 g/mol. The van der Waals surface area contributed by atoms with Crippen LogP contribution >= 0.6 is 0 Å². The number of carbonyl (C=O) groups excluding carboxylic acids is 1. The molecule has 0 saturated carbocycles. The lowest BCUT2D eigenvalue weighted by atomic mass is 9.87. The first-order valence-electron chi connectivity index (χ1n) is 6.67. The molecule has 1 aliphatic heterocycles. The summed E-state index contributed by atoms with van der Waals surface area (Å²) < 4.78 is 5.30. The smallest absolute Gasteiger partial charge is 0.237 e. The molecule has 3 N–H and O–H groups in total. The highest BCUT2D eigenvalue weighted by atomic mass is 16.5. The summed E-state index contributed by atoms with van der Waals surface area (Å²) >= 11 is 0. The monoisotopic (exact) mass is 257 g/mol. The molecule has 0 aromatic rings. The van der Waals surface area contributed by atoms with Gasteiger partial charge in [-0.05, 0) is 12.3 Å². The zero-order chi connectivity index (χ0) is 13.8. The second kappa shape index (κ2) is 6.50. The average Bonchev–Trinajstić information content (AvgIpc) is 2.27. The molecule has 1 amide bonds. The van der Waals surface area contributed by atoms with Crippen LogP contribution in [-0.2, 0) is 9.53 Å². The van der Waals surface area contributed by atoms with Gasteiger partial charge in [-0.1, -0.05) is 20.8 Å². The molecule has 0 aromatic heterocycles. The standard InChI is InChI=1S/C13H27N3O2/c1-10(9-16-5-7-18-8-6-16)15-12(17)11(14)13(2,3)4/h10-11H,5-9,14H2,1-4H3,(H,15,17). The Balaban J connectivity index is 2.34. The third kappa shape index (κ3) is 4.92. The summed E-state index contributed by atoms with van der Waals surface area (Å²) in [6.07, 6.45) is 0. The van der Waals surface area contributed by atoms with E-state index in [9.17, 15) is 4.79 Å². The van der Waals surface area contributed by atoms with E-state index in [1.54, 1.807) is 0 Å². The minimum atomic E-state index is -0.468. The molecule has 2 unspecified atom stereocenters. The van der Waals surface area contributed by atoms with Crippen molar-refractivity contribution >= 4 is 5.91 Å². The first-order chi connectivity index (χ1) is 8.30. The summed E-state index contributed by atoms with van der Waals surface area (Å²) in [5.41, 5.74) is 5.72. The Morgan fingerprint density at radius 3 is 2.44 bits per heavy atom. The summed E-state index contributed by atoms with van der Waals surface area (Å²) in [4.78, 5) is 14.3. The van der Waals surface area contributed by atoms with Crippen LogP contribution in [0.25, 0.3) is 0 Å². The normalized spacial score (nSPS) is 21.4. The van der Waals surface area contributed by atoms with E-state index in [1.165, 1.54) is 0 Å². The van der Waals surface area contributed by atoms with Gasteiger partial charge in [0, 0.05) is 25.7 Å². The maximum absolute atomic E-state index is 12.0. The van der Waals surface area contributed by atoms with Crippen molar-refractivity contribution in [2.45, 2.75) is 39.8 Å². The van der Waals surface area contributed by atoms with Crippen LogP contribution in [0.2, 0.25) is 0 Å². The molecule has 5 nitrogen and oxygen atoms in total. The second-order valence-corrected chi connectivity index (χ2v) is 6.17. The quantitative estimate of drug-likeness (QED) is 0.755. The molecule has 1 aliphatic rings. The fourth-order valence-electron chi connectivity index (χ4n) is 1.94. The topological polar surface area (TPSA) is 67.6 Å². The largest absolute Gasteiger partial charge is 0.379 e. The Kier molecular flexibility index (Phi) is 5.56. The Morgan fingerprint density at radius 1 is 1.39 bits per heavy atom. The van der Waals surface area contributed by atoms with Crippen molar-refractivity contribution in [1.29, 1.82) is 0 Å². The number of morpholine rings is 1. The van der Waals surface area contributed by atoms with E-state index in [0.717, 1.165) is 32.8 Å². The highest BCUT2D eigenvalue weighted by Crippen LogP contribution is 2.17. The van der Waals surface area contributed by atoms with Crippen molar-refractivity contribution in [2.24, 2.45) is 11.1 Å². The lowest BCUT2D eigenvalue weighted by molar-refractivity contribution is -0.125. The summed E-state index contributed by atoms with van der Waals surface area (Å²) in [6.45, 7) is 12.2. The number of rotatable bonds is 4. The lowest BCUT2D eigenvalue weighted by Gasteiger charge is -2.31. The van der Waals surface area contributed by atoms with Gasteiger partial charge in [0.2, 0.25) is 5.91 Å². The summed E-state index contributed by atoms with van der Waals surface area (Å²) in [6, 6.07) is -0.353. The van der Waals surface area contributed by atoms with Crippen LogP contribution in [-0.4, -0.2) is 55.7 Å². The predicted molar refractivity (Wildman–Crippen MR) is 72.3 cm³/mol. The van der Waals surface area contributed by atoms with Gasteiger partial charge in [0.15, 0.2) is 0 Å². The minimum absolute atomic E-state index is 0.0664. The van der Waals surface area contributed by atoms with Gasteiger partial charge in [0.25, 0.3) is 0 Å². The highest BCUT2D eigenvalue weighted by Gasteiger charge is 2.28. The van der Waals surface area contributed by atoms with E-state index in [2.05, 4.69) is 10.2 Å². The molecule has 0 radical (unpaired) electrons. The highest BCUT2D eigenvalue weighted by molar-refractivity contribution is 5.82. The Hall–Kier alpha value is -0.650. The number of nitrogens with zero attached hydrogens (tertiary/aromatic N) is 1. The van der Waals surface area contributed by atoms with Crippen LogP contribution < -0.4 is 11.1 Å². The van der Waals surface area contributed by atoms with Crippen molar-refractivity contribution < 1.29 is 9.53 Å². The predicted octanol–water partition coefficient (Wildman–Crippen LogP) is 0.197. The van der Waals surface area contributed by atoms with Gasteiger partial charge in [-0.3, -0.25) is 9.69 Å². The van der Waals surface area contributed by atoms with Gasteiger partial charge >= 0.3 is 0 Å². The zero-order valence-corrected chi connectivity index (χ0v) is 12.0. The Bertz CT molecular complexity index is 270. The molecule has 106 valence electrons. The number of ether oxygens (including phenoxy) is 1. The van der Waals surface area contributed by atoms with E-state index in [1.807, 2.05) is 27.7 Å². The molecule has 0 spiro atoms. The maximum Gasteiger partial charge on any atom is 0.237 e. The average molecular weight is 257 g/mol. The molecule has 0 aromatic carbocycles. The molecule has 1 fully saturated rings. The van der Waals surface area contributed by atoms with Crippen LogP contribution in [0.1, 0.15) is 27.7 Å². The number of nitrogens with one attached hydrogen (secondary N) is 1. The SMILES string of the molecule is CC(CN1CCOCC1)NC(=O)C(N)C(C)(C)C. The summed E-state index contributed by atoms with van der Waals surface area (Å²) in [7, 11) is 0. The van der Waals surface area contributed by atoms with Crippen LogP contribution in [0.15, 0.2) is 0 Å². The zero-order valence-electron chi connectivity index (χ0n) is 12.0. The summed E-state index contributed by atoms with van der Waals surface area (Å²) in [5, 5.41) is 2.99. The van der Waals surface area contributed by atoms with E-state index >= 15 is 0 Å². The van der Waals surface area contributed by atoms with Crippen molar-refractivity contribution in [2.75, 3.05) is 32.8 Å². The van der Waals surface area contributed by atoms with Crippen molar-refractivity contribution in [3.8, 4) is 0 Å². The van der Waals surface area contributed by atoms with Gasteiger partial charge in [0.05, 0.1) is 19.3 Å². The van der Waals surface area contributed by atoms with Gasteiger partial charge in [-0.2, -0.15) is 0 Å². The second-order valence-electron chi connectivity index (χ2n) is 6.17. The first-order valence-corrected chi connectivity index (χ1v) is 6.67. The third-order valence-corrected chi connectivity index (χ3v) is 3.24. The number of hydrogen-bond acceptors (Lipinski definition) is 4. The molecule has 2 atom stereocenters. The molecular formula is C13H27N3O2. The van der Waals surface area contributed by atoms with Gasteiger partial charge in [0.1, 0.15) is 0 Å². The molecule has 1 rings (SSSR count). The van der Waals surface area contributed by atoms with E-state index in [4.69, 9.17) is 10.5 Å². The molecule has 18 heavy (non-hydrogen) atoms. The molecule has 0 bridgehead atoms. The summed E-state index contributed by atoms with van der Waals surface area (Å²) in [5.74, 6) is -0.0664. The third-order valence-electron chi connectivity index (χ3n) is 3.24. The molecule has 1 heterocycles. The fourth-order valence-corrected chi connectivity index (χ4v) is 1.94. The van der Waals surface area contributed by atoms with Crippen molar-refractivity contribution in [3.63, 3.8) is 0 Å². The maximum atomic E-state index is 12.0. The lowest BCUT2D eigenvalue weighted by Crippen LogP contribution is -2.53. The first kappa shape index (κ1) is 15.4. The number of nitrogens with two attached hydrogens (primary N) is 1. The molecule has 5 heteroatoms. The Morgan fingerprint density at radius 2 is 1.94 bits per heavy atom. The van der Waals surface area contributed by atoms with Gasteiger partial charge < -0.3 is 15.8 Å². The fraction of sp³-hybridized carbons (Fsp3) is 0.923. The molecule has 1 saturated heterocycles. The number of hydrogen-bond donors (Lipinski definition) is 2. The molecule has 0 aliphatic carbocycles. The van der Waals surface area contributed by atoms with Crippen LogP contribution in [0.4, 0.5) is 0 Å². The van der Waals surface area contributed by atoms with Crippen LogP contribution in [0, 0.1) is 5.41 Å². The Labute approximate surface area is 110 Å². The van der Waals surface area contributed by atoms with E-state index < -0.39 is 6.04 Å². The number of carbonyl (C=O) groups is 1. The van der Waals surface area contributed by atoms with Crippen molar-refractivity contribution in [1.82, 2.24) is 10.2 Å². The number of amides is 1. The van der Waals surface area contributed by atoms with Gasteiger partial charge in [-0.25, -0.2) is 0 Å². The van der Waals surface area contributed by atoms with E-state index in [0.29, 0.717) is 0 Å². The van der Waals surface area contributed by atoms with Crippen LogP contribution in [0.3, 0.4) is 0 Å².